The zero-order valence-corrected chi connectivity index (χ0v) is 21.7. The van der Waals surface area contributed by atoms with Crippen molar-refractivity contribution in [3.63, 3.8) is 0 Å². The molecule has 2 saturated heterocycles. The molecule has 0 spiro atoms. The molecule has 0 aromatic heterocycles. The molecular weight excluding hydrogens is 542 g/mol. The van der Waals surface area contributed by atoms with E-state index in [1.807, 2.05) is 0 Å². The Hall–Kier alpha value is -1.17. The molecule has 0 unspecified atom stereocenters. The van der Waals surface area contributed by atoms with Gasteiger partial charge in [0.1, 0.15) is 67.1 Å². The summed E-state index contributed by atoms with van der Waals surface area (Å²) in [5, 5.41) is 84.9. The van der Waals surface area contributed by atoms with Crippen LogP contribution in [-0.2, 0) is 23.7 Å². The number of nitrogens with one attached hydrogen (secondary N) is 1. The molecule has 17 N–H and O–H groups in total. The van der Waals surface area contributed by atoms with Crippen molar-refractivity contribution >= 4 is 5.91 Å². The highest BCUT2D eigenvalue weighted by Crippen LogP contribution is 2.32. The van der Waals surface area contributed by atoms with Crippen molar-refractivity contribution in [2.45, 2.75) is 111 Å². The maximum atomic E-state index is 12.6. The molecule has 0 aromatic carbocycles. The number of nitrogens with two attached hydrogens (primary N) is 4. The predicted octanol–water partition coefficient (Wildman–Crippen LogP) is -8.42. The molecule has 40 heavy (non-hydrogen) atoms. The second-order valence-corrected chi connectivity index (χ2v) is 10.3. The number of hydrogen-bond donors (Lipinski definition) is 13. The van der Waals surface area contributed by atoms with Gasteiger partial charge in [0.15, 0.2) is 12.6 Å². The van der Waals surface area contributed by atoms with E-state index < -0.39 is 110 Å². The van der Waals surface area contributed by atoms with E-state index >= 15 is 0 Å². The summed E-state index contributed by atoms with van der Waals surface area (Å²) in [5.41, 5.74) is 23.1. The standard InChI is InChI=1S/C22H43N5O13/c23-2-1-8(29)20(36)27-7-3-6(25)18(39-22-16(34)15(33)13(31)9(4-24)37-22)17(35)19(7)40-21-14(32)11(26)12(30)10(5-28)38-21/h6-19,21-22,28-35H,1-5,23-26H2,(H,27,36)/t6-,7-,8-,9-,10-,11+,12+,13+,14-,15+,16-,17+,18-,19+,21-,22-/m0/s1. The maximum absolute atomic E-state index is 12.6. The number of aliphatic hydroxyl groups is 8. The summed E-state index contributed by atoms with van der Waals surface area (Å²) in [7, 11) is 0. The van der Waals surface area contributed by atoms with Gasteiger partial charge in [-0.05, 0) is 19.4 Å². The van der Waals surface area contributed by atoms with Crippen LogP contribution in [-0.4, -0.2) is 164 Å². The summed E-state index contributed by atoms with van der Waals surface area (Å²) in [6.07, 6.45) is -19.8. The summed E-state index contributed by atoms with van der Waals surface area (Å²) >= 11 is 0. The lowest BCUT2D eigenvalue weighted by molar-refractivity contribution is -0.332. The molecule has 3 fully saturated rings. The number of carbonyl (C=O) groups is 1. The average molecular weight is 586 g/mol. The minimum absolute atomic E-state index is 0.0101. The fraction of sp³-hybridized carbons (Fsp3) is 0.955. The van der Waals surface area contributed by atoms with Crippen LogP contribution >= 0.6 is 0 Å². The molecule has 234 valence electrons. The van der Waals surface area contributed by atoms with Crippen molar-refractivity contribution < 1.29 is 64.6 Å². The van der Waals surface area contributed by atoms with Gasteiger partial charge >= 0.3 is 0 Å². The Balaban J connectivity index is 1.85. The van der Waals surface area contributed by atoms with Crippen LogP contribution in [0.25, 0.3) is 0 Å². The SMILES string of the molecule is NCC[C@H](O)C(=O)N[C@H]1C[C@H](N)[C@H](O[C@@H]2O[C@@H](CN)[C@@H](O)[C@@H](O)[C@@H]2O)[C@@H](O)[C@@H]1O[C@@H]1O[C@@H](CO)[C@@H](O)[C@@H](N)[C@@H]1O. The quantitative estimate of drug-likeness (QED) is 0.113. The molecule has 0 radical (unpaired) electrons. The summed E-state index contributed by atoms with van der Waals surface area (Å²) < 4.78 is 22.5. The van der Waals surface area contributed by atoms with Crippen molar-refractivity contribution in [2.75, 3.05) is 19.7 Å². The van der Waals surface area contributed by atoms with Crippen LogP contribution in [0, 0.1) is 0 Å². The van der Waals surface area contributed by atoms with Gasteiger partial charge in [0, 0.05) is 12.6 Å². The van der Waals surface area contributed by atoms with E-state index in [9.17, 15) is 45.6 Å². The third kappa shape index (κ3) is 7.06. The first kappa shape index (κ1) is 33.3. The van der Waals surface area contributed by atoms with Crippen LogP contribution in [0.2, 0.25) is 0 Å². The third-order valence-corrected chi connectivity index (χ3v) is 7.51. The Kier molecular flexibility index (Phi) is 11.9. The second kappa shape index (κ2) is 14.3. The highest BCUT2D eigenvalue weighted by Gasteiger charge is 2.52. The lowest BCUT2D eigenvalue weighted by Gasteiger charge is -2.49. The summed E-state index contributed by atoms with van der Waals surface area (Å²) in [6.45, 7) is -0.898. The van der Waals surface area contributed by atoms with Gasteiger partial charge in [0.2, 0.25) is 5.91 Å². The van der Waals surface area contributed by atoms with Gasteiger partial charge in [-0.25, -0.2) is 0 Å². The predicted molar refractivity (Wildman–Crippen MR) is 131 cm³/mol. The molecule has 1 aliphatic carbocycles. The molecule has 2 heterocycles. The number of carbonyl (C=O) groups excluding carboxylic acids is 1. The minimum Gasteiger partial charge on any atom is -0.394 e. The highest BCUT2D eigenvalue weighted by molar-refractivity contribution is 5.80. The molecule has 18 nitrogen and oxygen atoms in total. The molecule has 2 aliphatic heterocycles. The molecule has 3 aliphatic rings. The number of hydrogen-bond acceptors (Lipinski definition) is 17. The zero-order chi connectivity index (χ0) is 29.9. The van der Waals surface area contributed by atoms with E-state index in [-0.39, 0.29) is 25.9 Å². The van der Waals surface area contributed by atoms with Crippen LogP contribution in [0.1, 0.15) is 12.8 Å². The van der Waals surface area contributed by atoms with Gasteiger partial charge < -0.3 is 88.1 Å². The largest absolute Gasteiger partial charge is 0.394 e. The van der Waals surface area contributed by atoms with E-state index in [1.165, 1.54) is 0 Å². The van der Waals surface area contributed by atoms with Crippen molar-refractivity contribution in [3.05, 3.63) is 0 Å². The number of amides is 1. The van der Waals surface area contributed by atoms with Crippen LogP contribution in [0.15, 0.2) is 0 Å². The van der Waals surface area contributed by atoms with Crippen molar-refractivity contribution in [3.8, 4) is 0 Å². The molecule has 3 rings (SSSR count). The molecule has 18 heteroatoms. The smallest absolute Gasteiger partial charge is 0.249 e. The van der Waals surface area contributed by atoms with Gasteiger partial charge in [0.25, 0.3) is 0 Å². The lowest BCUT2D eigenvalue weighted by atomic mass is 9.83. The van der Waals surface area contributed by atoms with Gasteiger partial charge in [-0.15, -0.1) is 0 Å². The molecule has 1 amide bonds. The Bertz CT molecular complexity index is 815. The van der Waals surface area contributed by atoms with Crippen molar-refractivity contribution in [1.29, 1.82) is 0 Å². The number of ether oxygens (including phenoxy) is 4. The van der Waals surface area contributed by atoms with Crippen LogP contribution in [0.5, 0.6) is 0 Å². The van der Waals surface area contributed by atoms with Crippen LogP contribution < -0.4 is 28.3 Å². The van der Waals surface area contributed by atoms with Crippen molar-refractivity contribution in [1.82, 2.24) is 5.32 Å². The van der Waals surface area contributed by atoms with Crippen LogP contribution in [0.4, 0.5) is 0 Å². The normalized spacial score (nSPS) is 47.0. The van der Waals surface area contributed by atoms with E-state index in [2.05, 4.69) is 5.32 Å². The van der Waals surface area contributed by atoms with E-state index in [1.54, 1.807) is 0 Å². The second-order valence-electron chi connectivity index (χ2n) is 10.3. The van der Waals surface area contributed by atoms with Gasteiger partial charge in [-0.1, -0.05) is 0 Å². The van der Waals surface area contributed by atoms with Crippen LogP contribution in [0.3, 0.4) is 0 Å². The van der Waals surface area contributed by atoms with Gasteiger partial charge in [0.05, 0.1) is 18.7 Å². The molecule has 1 saturated carbocycles. The van der Waals surface area contributed by atoms with Gasteiger partial charge in [-0.3, -0.25) is 4.79 Å². The summed E-state index contributed by atoms with van der Waals surface area (Å²) in [6, 6.07) is -3.45. The highest BCUT2D eigenvalue weighted by atomic mass is 16.7. The average Bonchev–Trinajstić information content (AvgIpc) is 2.92. The molecular formula is C22H43N5O13. The topological polar surface area (TPSA) is 332 Å². The van der Waals surface area contributed by atoms with E-state index in [4.69, 9.17) is 41.9 Å². The monoisotopic (exact) mass is 585 g/mol. The fourth-order valence-corrected chi connectivity index (χ4v) is 5.07. The maximum Gasteiger partial charge on any atom is 0.249 e. The zero-order valence-electron chi connectivity index (χ0n) is 21.7. The van der Waals surface area contributed by atoms with Gasteiger partial charge in [-0.2, -0.15) is 0 Å². The fourth-order valence-electron chi connectivity index (χ4n) is 5.07. The first-order valence-corrected chi connectivity index (χ1v) is 13.1. The third-order valence-electron chi connectivity index (χ3n) is 7.51. The number of rotatable bonds is 10. The Morgan fingerprint density at radius 2 is 1.45 bits per heavy atom. The summed E-state index contributed by atoms with van der Waals surface area (Å²) in [5.74, 6) is -0.845. The molecule has 0 bridgehead atoms. The first-order valence-electron chi connectivity index (χ1n) is 13.1. The van der Waals surface area contributed by atoms with E-state index in [0.29, 0.717) is 0 Å². The Morgan fingerprint density at radius 3 is 2.05 bits per heavy atom. The lowest BCUT2D eigenvalue weighted by Crippen LogP contribution is -2.69. The molecule has 16 atom stereocenters. The van der Waals surface area contributed by atoms with E-state index in [0.717, 1.165) is 0 Å². The number of aliphatic hydroxyl groups excluding tert-OH is 8. The molecule has 0 aromatic rings. The Labute approximate surface area is 229 Å². The first-order chi connectivity index (χ1) is 18.9. The Morgan fingerprint density at radius 1 is 0.850 bits per heavy atom. The van der Waals surface area contributed by atoms with Crippen molar-refractivity contribution in [2.24, 2.45) is 22.9 Å². The minimum atomic E-state index is -1.76. The summed E-state index contributed by atoms with van der Waals surface area (Å²) in [4.78, 5) is 12.6.